The number of anilines is 1. The van der Waals surface area contributed by atoms with Gasteiger partial charge in [0.05, 0.1) is 0 Å². The molecule has 1 aromatic heterocycles. The van der Waals surface area contributed by atoms with E-state index in [-0.39, 0.29) is 24.0 Å². The summed E-state index contributed by atoms with van der Waals surface area (Å²) in [4.78, 5) is 2.54. The van der Waals surface area contributed by atoms with Crippen molar-refractivity contribution in [3.8, 4) is 0 Å². The van der Waals surface area contributed by atoms with Crippen LogP contribution in [-0.4, -0.2) is 13.1 Å². The molecular weight excluding hydrogens is 419 g/mol. The maximum Gasteiger partial charge on any atom is 0.171 e. The fourth-order valence-corrected chi connectivity index (χ4v) is 7.03. The van der Waals surface area contributed by atoms with Crippen LogP contribution < -0.4 is 33.4 Å². The number of nitrogens with zero attached hydrogens (tertiary/aromatic N) is 2. The number of rotatable bonds is 3. The Balaban J connectivity index is 0.00000157. The predicted molar refractivity (Wildman–Crippen MR) is 98.1 cm³/mol. The highest BCUT2D eigenvalue weighted by molar-refractivity contribution is 5.44. The first-order valence-corrected chi connectivity index (χ1v) is 10.5. The highest BCUT2D eigenvalue weighted by Crippen LogP contribution is 2.56. The minimum Gasteiger partial charge on any atom is -1.00 e. The summed E-state index contributed by atoms with van der Waals surface area (Å²) in [5, 5.41) is 0. The maximum absolute atomic E-state index is 2.62. The van der Waals surface area contributed by atoms with Crippen LogP contribution in [0.2, 0.25) is 0 Å². The predicted octanol–water partition coefficient (Wildman–Crippen LogP) is 1.67. The van der Waals surface area contributed by atoms with E-state index in [4.69, 9.17) is 0 Å². The summed E-state index contributed by atoms with van der Waals surface area (Å²) in [7, 11) is 2.31. The zero-order chi connectivity index (χ0) is 16.1. The van der Waals surface area contributed by atoms with Crippen LogP contribution in [0.5, 0.6) is 0 Å². The minimum atomic E-state index is 0. The molecule has 3 heteroatoms. The minimum absolute atomic E-state index is 0. The lowest BCUT2D eigenvalue weighted by molar-refractivity contribution is -0.776. The maximum atomic E-state index is 2.62. The Hall–Kier alpha value is -0.320. The molecule has 4 bridgehead atoms. The van der Waals surface area contributed by atoms with Crippen molar-refractivity contribution in [3.63, 3.8) is 0 Å². The van der Waals surface area contributed by atoms with Crippen molar-refractivity contribution in [2.24, 2.45) is 17.8 Å². The molecule has 5 saturated carbocycles. The van der Waals surface area contributed by atoms with Gasteiger partial charge in [-0.25, -0.2) is 0 Å². The Morgan fingerprint density at radius 1 is 0.880 bits per heavy atom. The zero-order valence-corrected chi connectivity index (χ0v) is 17.8. The first-order valence-electron chi connectivity index (χ1n) is 10.5. The van der Waals surface area contributed by atoms with Crippen molar-refractivity contribution < 1.29 is 28.5 Å². The smallest absolute Gasteiger partial charge is 0.171 e. The van der Waals surface area contributed by atoms with Crippen LogP contribution in [0.25, 0.3) is 0 Å². The zero-order valence-electron chi connectivity index (χ0n) is 15.7. The second-order valence-electron chi connectivity index (χ2n) is 9.51. The van der Waals surface area contributed by atoms with Crippen LogP contribution in [0, 0.1) is 17.8 Å². The van der Waals surface area contributed by atoms with E-state index in [0.717, 1.165) is 23.8 Å². The average Bonchev–Trinajstić information content (AvgIpc) is 2.61. The fourth-order valence-electron chi connectivity index (χ4n) is 7.03. The number of pyridine rings is 1. The lowest BCUT2D eigenvalue weighted by Gasteiger charge is -2.53. The van der Waals surface area contributed by atoms with Crippen molar-refractivity contribution in [2.45, 2.75) is 82.2 Å². The quantitative estimate of drug-likeness (QED) is 0.500. The molecule has 0 aromatic carbocycles. The summed E-state index contributed by atoms with van der Waals surface area (Å²) >= 11 is 0. The topological polar surface area (TPSA) is 7.12 Å². The van der Waals surface area contributed by atoms with Gasteiger partial charge in [0.2, 0.25) is 0 Å². The Bertz CT molecular complexity index is 555. The molecule has 0 radical (unpaired) electrons. The molecule has 2 nitrogen and oxygen atoms in total. The summed E-state index contributed by atoms with van der Waals surface area (Å²) in [6.45, 7) is 0. The molecule has 1 heterocycles. The van der Waals surface area contributed by atoms with E-state index in [1.807, 2.05) is 0 Å². The molecule has 1 aromatic rings. The van der Waals surface area contributed by atoms with Crippen molar-refractivity contribution in [1.82, 2.24) is 0 Å². The monoisotopic (exact) mass is 452 g/mol. The second-order valence-corrected chi connectivity index (χ2v) is 9.51. The lowest BCUT2D eigenvalue weighted by Crippen LogP contribution is -3.00. The average molecular weight is 452 g/mol. The van der Waals surface area contributed by atoms with Crippen LogP contribution in [0.1, 0.15) is 70.6 Å². The van der Waals surface area contributed by atoms with Crippen LogP contribution in [-0.2, 0) is 5.54 Å². The fraction of sp³-hybridized carbons (Fsp3) is 0.773. The molecule has 0 amide bonds. The molecule has 0 saturated heterocycles. The summed E-state index contributed by atoms with van der Waals surface area (Å²) in [6.07, 6.45) is 20.8. The van der Waals surface area contributed by atoms with Gasteiger partial charge in [0.15, 0.2) is 17.9 Å². The van der Waals surface area contributed by atoms with Gasteiger partial charge in [-0.2, -0.15) is 4.57 Å². The Kier molecular flexibility index (Phi) is 5.07. The highest BCUT2D eigenvalue weighted by atomic mass is 127. The molecule has 0 atom stereocenters. The number of hydrogen-bond acceptors (Lipinski definition) is 1. The van der Waals surface area contributed by atoms with Crippen molar-refractivity contribution >= 4 is 5.69 Å². The largest absolute Gasteiger partial charge is 1.00 e. The highest BCUT2D eigenvalue weighted by Gasteiger charge is 2.56. The number of aromatic nitrogens is 1. The molecule has 25 heavy (non-hydrogen) atoms. The van der Waals surface area contributed by atoms with Gasteiger partial charge in [0.1, 0.15) is 0 Å². The summed E-state index contributed by atoms with van der Waals surface area (Å²) in [5.74, 6) is 3.06. The Morgan fingerprint density at radius 2 is 1.40 bits per heavy atom. The third-order valence-corrected chi connectivity index (χ3v) is 7.90. The third-order valence-electron chi connectivity index (χ3n) is 7.90. The van der Waals surface area contributed by atoms with Gasteiger partial charge in [-0.1, -0.05) is 19.3 Å². The first-order chi connectivity index (χ1) is 11.7. The van der Waals surface area contributed by atoms with Gasteiger partial charge >= 0.3 is 0 Å². The van der Waals surface area contributed by atoms with Crippen LogP contribution in [0.15, 0.2) is 24.5 Å². The molecule has 0 spiro atoms. The van der Waals surface area contributed by atoms with Gasteiger partial charge in [0.25, 0.3) is 0 Å². The van der Waals surface area contributed by atoms with Crippen LogP contribution in [0.4, 0.5) is 5.69 Å². The molecule has 5 aliphatic rings. The molecule has 0 aliphatic heterocycles. The van der Waals surface area contributed by atoms with E-state index in [1.54, 1.807) is 0 Å². The molecular formula is C22H33IN2. The van der Waals surface area contributed by atoms with Crippen LogP contribution in [0.3, 0.4) is 0 Å². The summed E-state index contributed by atoms with van der Waals surface area (Å²) in [6, 6.07) is 5.55. The Morgan fingerprint density at radius 3 is 1.92 bits per heavy atom. The first kappa shape index (κ1) is 18.1. The SMILES string of the molecule is CN(c1cc[n+](C23CC4CC(CC(C4)C2)C3)cc1)C1CCCCC1.[I-]. The van der Waals surface area contributed by atoms with Gasteiger partial charge in [-0.15, -0.1) is 0 Å². The van der Waals surface area contributed by atoms with Crippen molar-refractivity contribution in [2.75, 3.05) is 11.9 Å². The van der Waals surface area contributed by atoms with E-state index in [2.05, 4.69) is 41.0 Å². The van der Waals surface area contributed by atoms with Crippen molar-refractivity contribution in [3.05, 3.63) is 24.5 Å². The molecule has 0 N–H and O–H groups in total. The van der Waals surface area contributed by atoms with Gasteiger partial charge in [0, 0.05) is 50.2 Å². The normalized spacial score (nSPS) is 36.9. The van der Waals surface area contributed by atoms with E-state index in [1.165, 1.54) is 76.3 Å². The summed E-state index contributed by atoms with van der Waals surface area (Å²) in [5.41, 5.74) is 1.89. The third kappa shape index (κ3) is 3.23. The van der Waals surface area contributed by atoms with Gasteiger partial charge in [-0.05, 0) is 49.9 Å². The molecule has 6 rings (SSSR count). The summed E-state index contributed by atoms with van der Waals surface area (Å²) < 4.78 is 2.62. The van der Waals surface area contributed by atoms with E-state index < -0.39 is 0 Å². The van der Waals surface area contributed by atoms with E-state index in [9.17, 15) is 0 Å². The molecule has 5 aliphatic carbocycles. The van der Waals surface area contributed by atoms with Gasteiger partial charge in [-0.3, -0.25) is 0 Å². The number of halogens is 1. The second kappa shape index (κ2) is 7.01. The Labute approximate surface area is 170 Å². The standard InChI is InChI=1S/C22H33N2.HI/c1-23(20-5-3-2-4-6-20)21-7-9-24(10-8-21)22-14-17-11-18(15-22)13-19(12-17)16-22;/h7-10,17-20H,2-6,11-16H2,1H3;1H/q+1;/p-1. The molecule has 138 valence electrons. The number of hydrogen-bond donors (Lipinski definition) is 0. The molecule has 0 unspecified atom stereocenters. The van der Waals surface area contributed by atoms with E-state index >= 15 is 0 Å². The van der Waals surface area contributed by atoms with Crippen molar-refractivity contribution in [1.29, 1.82) is 0 Å². The van der Waals surface area contributed by atoms with Crippen LogP contribution >= 0.6 is 0 Å². The van der Waals surface area contributed by atoms with Gasteiger partial charge < -0.3 is 28.9 Å². The lowest BCUT2D eigenvalue weighted by atomic mass is 9.53. The van der Waals surface area contributed by atoms with E-state index in [0.29, 0.717) is 5.54 Å². The molecule has 5 fully saturated rings.